The molecule has 3 N–H and O–H groups in total. The summed E-state index contributed by atoms with van der Waals surface area (Å²) in [4.78, 5) is 4.37. The van der Waals surface area contributed by atoms with Gasteiger partial charge in [-0.1, -0.05) is 32.0 Å². The molecule has 1 heterocycles. The Morgan fingerprint density at radius 2 is 2.10 bits per heavy atom. The van der Waals surface area contributed by atoms with Crippen LogP contribution in [-0.4, -0.2) is 14.8 Å². The zero-order valence-electron chi connectivity index (χ0n) is 11.8. The van der Waals surface area contributed by atoms with Gasteiger partial charge < -0.3 is 0 Å². The van der Waals surface area contributed by atoms with E-state index in [9.17, 15) is 0 Å². The molecule has 5 nitrogen and oxygen atoms in total. The van der Waals surface area contributed by atoms with Crippen LogP contribution >= 0.6 is 22.6 Å². The van der Waals surface area contributed by atoms with E-state index in [1.165, 1.54) is 9.13 Å². The Morgan fingerprint density at radius 1 is 1.35 bits per heavy atom. The van der Waals surface area contributed by atoms with E-state index in [1.54, 1.807) is 6.33 Å². The number of rotatable bonds is 6. The van der Waals surface area contributed by atoms with E-state index in [2.05, 4.69) is 64.1 Å². The van der Waals surface area contributed by atoms with Crippen LogP contribution in [0.15, 0.2) is 30.6 Å². The van der Waals surface area contributed by atoms with E-state index in [1.807, 2.05) is 16.8 Å². The summed E-state index contributed by atoms with van der Waals surface area (Å²) in [5.74, 6) is 7.23. The van der Waals surface area contributed by atoms with Gasteiger partial charge in [0.25, 0.3) is 0 Å². The molecule has 1 aromatic carbocycles. The molecule has 0 saturated carbocycles. The van der Waals surface area contributed by atoms with Gasteiger partial charge in [-0.3, -0.25) is 11.3 Å². The highest BCUT2D eigenvalue weighted by Gasteiger charge is 2.17. The average Bonchev–Trinajstić information content (AvgIpc) is 2.83. The van der Waals surface area contributed by atoms with E-state index in [4.69, 9.17) is 5.84 Å². The molecular formula is C14H20IN5. The van der Waals surface area contributed by atoms with Crippen molar-refractivity contribution in [1.82, 2.24) is 20.2 Å². The number of benzene rings is 1. The Bertz CT molecular complexity index is 552. The molecule has 0 radical (unpaired) electrons. The second-order valence-electron chi connectivity index (χ2n) is 5.20. The molecule has 1 atom stereocenters. The molecule has 2 rings (SSSR count). The maximum atomic E-state index is 5.73. The molecule has 0 saturated heterocycles. The minimum absolute atomic E-state index is 0.0400. The summed E-state index contributed by atoms with van der Waals surface area (Å²) in [6, 6.07) is 8.27. The van der Waals surface area contributed by atoms with Crippen molar-refractivity contribution < 1.29 is 0 Å². The molecule has 1 unspecified atom stereocenters. The van der Waals surface area contributed by atoms with Crippen LogP contribution in [0.4, 0.5) is 0 Å². The predicted molar refractivity (Wildman–Crippen MR) is 87.8 cm³/mol. The third-order valence-electron chi connectivity index (χ3n) is 3.10. The lowest BCUT2D eigenvalue weighted by molar-refractivity contribution is 0.446. The quantitative estimate of drug-likeness (QED) is 0.455. The van der Waals surface area contributed by atoms with Gasteiger partial charge in [0, 0.05) is 16.5 Å². The standard InChI is InChI=1S/C14H20IN5/c1-10(2)8-20-14(17-9-18-20)7-13(19-16)11-5-3-4-6-12(11)15/h3-6,9-10,13,19H,7-8,16H2,1-2H3. The van der Waals surface area contributed by atoms with Crippen LogP contribution in [0.3, 0.4) is 0 Å². The van der Waals surface area contributed by atoms with Gasteiger partial charge in [0.05, 0.1) is 6.04 Å². The number of nitrogens with zero attached hydrogens (tertiary/aromatic N) is 3. The second kappa shape index (κ2) is 7.14. The zero-order valence-corrected chi connectivity index (χ0v) is 13.9. The minimum Gasteiger partial charge on any atom is -0.271 e. The first kappa shape index (κ1) is 15.4. The SMILES string of the molecule is CC(C)Cn1ncnc1CC(NN)c1ccccc1I. The third-order valence-corrected chi connectivity index (χ3v) is 4.08. The number of hydrogen-bond donors (Lipinski definition) is 2. The summed E-state index contributed by atoms with van der Waals surface area (Å²) in [6.07, 6.45) is 2.34. The fourth-order valence-electron chi connectivity index (χ4n) is 2.14. The highest BCUT2D eigenvalue weighted by Crippen LogP contribution is 2.22. The zero-order chi connectivity index (χ0) is 14.5. The third kappa shape index (κ3) is 3.77. The number of hydrogen-bond acceptors (Lipinski definition) is 4. The molecular weight excluding hydrogens is 365 g/mol. The first-order valence-electron chi connectivity index (χ1n) is 6.69. The van der Waals surface area contributed by atoms with E-state index in [-0.39, 0.29) is 6.04 Å². The normalized spacial score (nSPS) is 12.8. The Kier molecular flexibility index (Phi) is 5.50. The van der Waals surface area contributed by atoms with Crippen molar-refractivity contribution in [3.05, 3.63) is 45.6 Å². The summed E-state index contributed by atoms with van der Waals surface area (Å²) >= 11 is 2.33. The van der Waals surface area contributed by atoms with Gasteiger partial charge in [-0.25, -0.2) is 9.67 Å². The monoisotopic (exact) mass is 385 g/mol. The Hall–Kier alpha value is -0.990. The number of aromatic nitrogens is 3. The van der Waals surface area contributed by atoms with Crippen molar-refractivity contribution in [1.29, 1.82) is 0 Å². The number of nitrogens with two attached hydrogens (primary N) is 1. The summed E-state index contributed by atoms with van der Waals surface area (Å²) < 4.78 is 3.16. The maximum Gasteiger partial charge on any atom is 0.138 e. The molecule has 6 heteroatoms. The molecule has 2 aromatic rings. The van der Waals surface area contributed by atoms with Crippen LogP contribution in [-0.2, 0) is 13.0 Å². The molecule has 0 aliphatic carbocycles. The molecule has 1 aromatic heterocycles. The Labute approximate surface area is 133 Å². The summed E-state index contributed by atoms with van der Waals surface area (Å²) in [5, 5.41) is 4.29. The number of nitrogens with one attached hydrogen (secondary N) is 1. The predicted octanol–water partition coefficient (Wildman–Crippen LogP) is 2.29. The van der Waals surface area contributed by atoms with Gasteiger partial charge in [0.2, 0.25) is 0 Å². The largest absolute Gasteiger partial charge is 0.271 e. The van der Waals surface area contributed by atoms with Gasteiger partial charge in [0.15, 0.2) is 0 Å². The van der Waals surface area contributed by atoms with Crippen LogP contribution in [0.25, 0.3) is 0 Å². The summed E-state index contributed by atoms with van der Waals surface area (Å²) in [6.45, 7) is 5.22. The van der Waals surface area contributed by atoms with Gasteiger partial charge in [-0.2, -0.15) is 5.10 Å². The number of halogens is 1. The van der Waals surface area contributed by atoms with E-state index < -0.39 is 0 Å². The summed E-state index contributed by atoms with van der Waals surface area (Å²) in [5.41, 5.74) is 4.08. The van der Waals surface area contributed by atoms with Crippen molar-refractivity contribution in [2.45, 2.75) is 32.9 Å². The lowest BCUT2D eigenvalue weighted by Gasteiger charge is -2.18. The molecule has 0 fully saturated rings. The maximum absolute atomic E-state index is 5.73. The minimum atomic E-state index is 0.0400. The van der Waals surface area contributed by atoms with E-state index in [0.717, 1.165) is 18.8 Å². The first-order chi connectivity index (χ1) is 9.61. The summed E-state index contributed by atoms with van der Waals surface area (Å²) in [7, 11) is 0. The Morgan fingerprint density at radius 3 is 2.75 bits per heavy atom. The molecule has 108 valence electrons. The highest BCUT2D eigenvalue weighted by atomic mass is 127. The fraction of sp³-hybridized carbons (Fsp3) is 0.429. The van der Waals surface area contributed by atoms with Crippen molar-refractivity contribution in [3.8, 4) is 0 Å². The van der Waals surface area contributed by atoms with Gasteiger partial charge in [-0.15, -0.1) is 0 Å². The fourth-order valence-corrected chi connectivity index (χ4v) is 2.91. The van der Waals surface area contributed by atoms with E-state index in [0.29, 0.717) is 5.92 Å². The van der Waals surface area contributed by atoms with Crippen molar-refractivity contribution in [2.24, 2.45) is 11.8 Å². The van der Waals surface area contributed by atoms with Crippen LogP contribution in [0.5, 0.6) is 0 Å². The number of hydrazine groups is 1. The second-order valence-corrected chi connectivity index (χ2v) is 6.36. The van der Waals surface area contributed by atoms with Crippen LogP contribution in [0, 0.1) is 9.49 Å². The highest BCUT2D eigenvalue weighted by molar-refractivity contribution is 14.1. The lowest BCUT2D eigenvalue weighted by Crippen LogP contribution is -2.31. The molecule has 0 amide bonds. The van der Waals surface area contributed by atoms with Crippen molar-refractivity contribution in [2.75, 3.05) is 0 Å². The topological polar surface area (TPSA) is 68.8 Å². The molecule has 20 heavy (non-hydrogen) atoms. The van der Waals surface area contributed by atoms with Crippen molar-refractivity contribution >= 4 is 22.6 Å². The first-order valence-corrected chi connectivity index (χ1v) is 7.77. The Balaban J connectivity index is 2.19. The molecule has 0 aliphatic heterocycles. The van der Waals surface area contributed by atoms with Gasteiger partial charge >= 0.3 is 0 Å². The van der Waals surface area contributed by atoms with Crippen LogP contribution in [0.1, 0.15) is 31.3 Å². The molecule has 0 spiro atoms. The van der Waals surface area contributed by atoms with E-state index >= 15 is 0 Å². The molecule has 0 aliphatic rings. The van der Waals surface area contributed by atoms with Gasteiger partial charge in [0.1, 0.15) is 12.2 Å². The smallest absolute Gasteiger partial charge is 0.138 e. The van der Waals surface area contributed by atoms with Crippen LogP contribution in [0.2, 0.25) is 0 Å². The van der Waals surface area contributed by atoms with Gasteiger partial charge in [-0.05, 0) is 40.1 Å². The van der Waals surface area contributed by atoms with Crippen LogP contribution < -0.4 is 11.3 Å². The average molecular weight is 385 g/mol. The lowest BCUT2D eigenvalue weighted by atomic mass is 10.0. The van der Waals surface area contributed by atoms with Crippen molar-refractivity contribution in [3.63, 3.8) is 0 Å². The molecule has 0 bridgehead atoms.